The predicted octanol–water partition coefficient (Wildman–Crippen LogP) is 4.56. The quantitative estimate of drug-likeness (QED) is 0.471. The standard InChI is InChI=1S/C21H14N2/c1-2-8-19(9-3-1)21-22-14-16-23(21)15-13-18-11-6-10-17-7-4-5-12-20(17)18/h1-12,14,16H. The smallest absolute Gasteiger partial charge is 0.151 e. The van der Waals surface area contributed by atoms with Gasteiger partial charge in [0.05, 0.1) is 0 Å². The second-order valence-corrected chi connectivity index (χ2v) is 5.25. The molecule has 1 aromatic heterocycles. The Kier molecular flexibility index (Phi) is 3.38. The van der Waals surface area contributed by atoms with Gasteiger partial charge in [-0.05, 0) is 22.8 Å². The van der Waals surface area contributed by atoms with Gasteiger partial charge in [0.25, 0.3) is 0 Å². The first-order valence-electron chi connectivity index (χ1n) is 7.50. The Labute approximate surface area is 135 Å². The number of imidazole rings is 1. The van der Waals surface area contributed by atoms with E-state index in [-0.39, 0.29) is 0 Å². The molecular formula is C21H14N2. The lowest BCUT2D eigenvalue weighted by atomic mass is 10.1. The van der Waals surface area contributed by atoms with Gasteiger partial charge in [0.2, 0.25) is 0 Å². The van der Waals surface area contributed by atoms with Crippen molar-refractivity contribution in [3.8, 4) is 23.4 Å². The maximum absolute atomic E-state index is 4.42. The molecule has 3 aromatic carbocycles. The van der Waals surface area contributed by atoms with E-state index < -0.39 is 0 Å². The SMILES string of the molecule is C(#Cn1ccnc1-c1ccccc1)c1cccc2ccccc12. The van der Waals surface area contributed by atoms with E-state index in [1.807, 2.05) is 59.3 Å². The Balaban J connectivity index is 1.78. The number of hydrogen-bond acceptors (Lipinski definition) is 1. The van der Waals surface area contributed by atoms with Crippen molar-refractivity contribution in [3.63, 3.8) is 0 Å². The van der Waals surface area contributed by atoms with Crippen molar-refractivity contribution in [2.45, 2.75) is 0 Å². The summed E-state index contributed by atoms with van der Waals surface area (Å²) in [5.74, 6) is 4.13. The molecule has 0 saturated carbocycles. The highest BCUT2D eigenvalue weighted by Crippen LogP contribution is 2.18. The Bertz CT molecular complexity index is 1010. The molecule has 108 valence electrons. The summed E-state index contributed by atoms with van der Waals surface area (Å²) >= 11 is 0. The molecule has 4 rings (SSSR count). The van der Waals surface area contributed by atoms with E-state index in [0.29, 0.717) is 0 Å². The minimum absolute atomic E-state index is 0.860. The Morgan fingerprint density at radius 2 is 1.57 bits per heavy atom. The van der Waals surface area contributed by atoms with Gasteiger partial charge in [-0.1, -0.05) is 66.7 Å². The van der Waals surface area contributed by atoms with Gasteiger partial charge >= 0.3 is 0 Å². The summed E-state index contributed by atoms with van der Waals surface area (Å²) in [5.41, 5.74) is 2.08. The van der Waals surface area contributed by atoms with Gasteiger partial charge in [0, 0.05) is 29.6 Å². The highest BCUT2D eigenvalue weighted by atomic mass is 15.0. The predicted molar refractivity (Wildman–Crippen MR) is 93.9 cm³/mol. The number of fused-ring (bicyclic) bond motifs is 1. The largest absolute Gasteiger partial charge is 0.258 e. The van der Waals surface area contributed by atoms with Crippen LogP contribution in [0, 0.1) is 12.0 Å². The molecule has 4 aromatic rings. The lowest BCUT2D eigenvalue weighted by molar-refractivity contribution is 1.12. The molecule has 0 bridgehead atoms. The third kappa shape index (κ3) is 2.61. The van der Waals surface area contributed by atoms with Crippen LogP contribution in [0.5, 0.6) is 0 Å². The summed E-state index contributed by atoms with van der Waals surface area (Å²) in [6.45, 7) is 0. The summed E-state index contributed by atoms with van der Waals surface area (Å²) in [4.78, 5) is 4.42. The van der Waals surface area contributed by atoms with Gasteiger partial charge in [-0.3, -0.25) is 4.57 Å². The van der Waals surface area contributed by atoms with E-state index in [0.717, 1.165) is 17.0 Å². The molecule has 1 heterocycles. The first-order chi connectivity index (χ1) is 11.4. The highest BCUT2D eigenvalue weighted by molar-refractivity contribution is 5.88. The first kappa shape index (κ1) is 13.4. The summed E-state index contributed by atoms with van der Waals surface area (Å²) in [6, 6.07) is 27.8. The maximum Gasteiger partial charge on any atom is 0.151 e. The van der Waals surface area contributed by atoms with Crippen molar-refractivity contribution in [3.05, 3.63) is 90.8 Å². The van der Waals surface area contributed by atoms with Crippen LogP contribution in [0.2, 0.25) is 0 Å². The Morgan fingerprint density at radius 3 is 2.48 bits per heavy atom. The molecule has 0 spiro atoms. The lowest BCUT2D eigenvalue weighted by Crippen LogP contribution is -1.92. The van der Waals surface area contributed by atoms with Crippen LogP contribution in [0.15, 0.2) is 85.2 Å². The second kappa shape index (κ2) is 5.82. The van der Waals surface area contributed by atoms with Crippen LogP contribution in [0.1, 0.15) is 5.56 Å². The fourth-order valence-corrected chi connectivity index (χ4v) is 2.65. The summed E-state index contributed by atoms with van der Waals surface area (Å²) in [6.07, 6.45) is 3.67. The summed E-state index contributed by atoms with van der Waals surface area (Å²) in [5, 5.41) is 2.37. The average molecular weight is 294 g/mol. The molecule has 0 unspecified atom stereocenters. The van der Waals surface area contributed by atoms with Gasteiger partial charge in [-0.25, -0.2) is 4.98 Å². The zero-order chi connectivity index (χ0) is 15.5. The van der Waals surface area contributed by atoms with Gasteiger partial charge in [0.15, 0.2) is 5.82 Å². The van der Waals surface area contributed by atoms with E-state index in [4.69, 9.17) is 0 Å². The molecule has 0 fully saturated rings. The Morgan fingerprint density at radius 1 is 0.783 bits per heavy atom. The van der Waals surface area contributed by atoms with Gasteiger partial charge in [-0.2, -0.15) is 0 Å². The zero-order valence-corrected chi connectivity index (χ0v) is 12.5. The van der Waals surface area contributed by atoms with Gasteiger partial charge in [-0.15, -0.1) is 0 Å². The minimum atomic E-state index is 0.860. The molecule has 2 heteroatoms. The minimum Gasteiger partial charge on any atom is -0.258 e. The van der Waals surface area contributed by atoms with Crippen LogP contribution in [0.3, 0.4) is 0 Å². The van der Waals surface area contributed by atoms with E-state index in [1.165, 1.54) is 10.8 Å². The third-order valence-corrected chi connectivity index (χ3v) is 3.77. The molecule has 0 aliphatic heterocycles. The molecule has 0 aliphatic rings. The number of aromatic nitrogens is 2. The van der Waals surface area contributed by atoms with Gasteiger partial charge < -0.3 is 0 Å². The number of nitrogens with zero attached hydrogens (tertiary/aromatic N) is 2. The van der Waals surface area contributed by atoms with Crippen LogP contribution in [0.4, 0.5) is 0 Å². The van der Waals surface area contributed by atoms with Crippen molar-refractivity contribution >= 4 is 10.8 Å². The first-order valence-corrected chi connectivity index (χ1v) is 7.50. The van der Waals surface area contributed by atoms with E-state index in [9.17, 15) is 0 Å². The third-order valence-electron chi connectivity index (χ3n) is 3.77. The summed E-state index contributed by atoms with van der Waals surface area (Å²) in [7, 11) is 0. The molecule has 0 saturated heterocycles. The van der Waals surface area contributed by atoms with Crippen LogP contribution in [-0.2, 0) is 0 Å². The van der Waals surface area contributed by atoms with Gasteiger partial charge in [0.1, 0.15) is 0 Å². The van der Waals surface area contributed by atoms with Crippen molar-refractivity contribution < 1.29 is 0 Å². The average Bonchev–Trinajstić information content (AvgIpc) is 3.09. The summed E-state index contributed by atoms with van der Waals surface area (Å²) < 4.78 is 1.87. The van der Waals surface area contributed by atoms with Crippen molar-refractivity contribution in [2.75, 3.05) is 0 Å². The molecule has 0 amide bonds. The van der Waals surface area contributed by atoms with Crippen molar-refractivity contribution in [1.29, 1.82) is 0 Å². The monoisotopic (exact) mass is 294 g/mol. The van der Waals surface area contributed by atoms with E-state index in [1.54, 1.807) is 6.20 Å². The normalized spacial score (nSPS) is 10.3. The fraction of sp³-hybridized carbons (Fsp3) is 0. The maximum atomic E-state index is 4.42. The van der Waals surface area contributed by atoms with Crippen LogP contribution < -0.4 is 0 Å². The zero-order valence-electron chi connectivity index (χ0n) is 12.5. The molecule has 0 N–H and O–H groups in total. The van der Waals surface area contributed by atoms with E-state index >= 15 is 0 Å². The topological polar surface area (TPSA) is 17.8 Å². The van der Waals surface area contributed by atoms with Crippen LogP contribution in [-0.4, -0.2) is 9.55 Å². The molecular weight excluding hydrogens is 280 g/mol. The van der Waals surface area contributed by atoms with Crippen LogP contribution in [0.25, 0.3) is 22.2 Å². The van der Waals surface area contributed by atoms with E-state index in [2.05, 4.69) is 41.2 Å². The molecule has 0 radical (unpaired) electrons. The second-order valence-electron chi connectivity index (χ2n) is 5.25. The molecule has 23 heavy (non-hydrogen) atoms. The highest BCUT2D eigenvalue weighted by Gasteiger charge is 2.03. The fourth-order valence-electron chi connectivity index (χ4n) is 2.65. The number of rotatable bonds is 1. The number of hydrogen-bond donors (Lipinski definition) is 0. The number of benzene rings is 3. The Hall–Kier alpha value is -3.31. The lowest BCUT2D eigenvalue weighted by Gasteiger charge is -2.01. The molecule has 0 atom stereocenters. The van der Waals surface area contributed by atoms with Crippen molar-refractivity contribution in [2.24, 2.45) is 0 Å². The van der Waals surface area contributed by atoms with Crippen molar-refractivity contribution in [1.82, 2.24) is 9.55 Å². The molecule has 0 aliphatic carbocycles. The molecule has 2 nitrogen and oxygen atoms in total. The van der Waals surface area contributed by atoms with Crippen LogP contribution >= 0.6 is 0 Å².